The molecule has 3 saturated heterocycles. The minimum Gasteiger partial charge on any atom is -0.379 e. The monoisotopic (exact) mass is 432 g/mol. The van der Waals surface area contributed by atoms with Crippen molar-refractivity contribution in [3.63, 3.8) is 0 Å². The van der Waals surface area contributed by atoms with Crippen molar-refractivity contribution in [1.82, 2.24) is 20.0 Å². The molecule has 0 radical (unpaired) electrons. The number of carbonyl (C=O) groups is 2. The Hall–Kier alpha value is -2.19. The third kappa shape index (κ3) is 5.54. The van der Waals surface area contributed by atoms with Crippen molar-refractivity contribution in [1.29, 1.82) is 0 Å². The van der Waals surface area contributed by atoms with Crippen LogP contribution in [0.5, 0.6) is 0 Å². The van der Waals surface area contributed by atoms with Crippen LogP contribution in [0.2, 0.25) is 0 Å². The summed E-state index contributed by atoms with van der Waals surface area (Å²) in [7, 11) is 0. The molecule has 1 aromatic carbocycles. The maximum Gasteiger partial charge on any atom is 0.319 e. The van der Waals surface area contributed by atoms with E-state index in [4.69, 9.17) is 4.74 Å². The van der Waals surface area contributed by atoms with Crippen LogP contribution in [0, 0.1) is 11.7 Å². The summed E-state index contributed by atoms with van der Waals surface area (Å²) in [6, 6.07) is 6.65. The lowest BCUT2D eigenvalue weighted by atomic mass is 9.95. The van der Waals surface area contributed by atoms with Crippen LogP contribution >= 0.6 is 0 Å². The number of ether oxygens (including phenoxy) is 1. The van der Waals surface area contributed by atoms with Crippen molar-refractivity contribution in [2.75, 3.05) is 59.0 Å². The second-order valence-corrected chi connectivity index (χ2v) is 8.70. The molecule has 0 spiro atoms. The highest BCUT2D eigenvalue weighted by Crippen LogP contribution is 2.23. The minimum absolute atomic E-state index is 0.00900. The average Bonchev–Trinajstić information content (AvgIpc) is 3.35. The standard InChI is InChI=1S/C23H33FN4O3/c24-20-5-3-18(4-6-20)21(26-13-15-31-16-14-26)17-25-22(29)19-7-11-28(12-8-19)23(30)27-9-1-2-10-27/h3-6,19,21H,1-2,7-17H2,(H,25,29). The first-order valence-electron chi connectivity index (χ1n) is 11.5. The van der Waals surface area contributed by atoms with Gasteiger partial charge in [-0.1, -0.05) is 12.1 Å². The molecule has 1 N–H and O–H groups in total. The van der Waals surface area contributed by atoms with E-state index in [2.05, 4.69) is 10.2 Å². The summed E-state index contributed by atoms with van der Waals surface area (Å²) in [5.41, 5.74) is 0.995. The van der Waals surface area contributed by atoms with Crippen LogP contribution in [0.25, 0.3) is 0 Å². The summed E-state index contributed by atoms with van der Waals surface area (Å²) in [5.74, 6) is -0.279. The van der Waals surface area contributed by atoms with Gasteiger partial charge in [-0.15, -0.1) is 0 Å². The highest BCUT2D eigenvalue weighted by Gasteiger charge is 2.31. The Bertz CT molecular complexity index is 740. The number of hydrogen-bond acceptors (Lipinski definition) is 4. The van der Waals surface area contributed by atoms with E-state index in [1.165, 1.54) is 12.1 Å². The van der Waals surface area contributed by atoms with Gasteiger partial charge >= 0.3 is 6.03 Å². The first-order valence-corrected chi connectivity index (χ1v) is 11.5. The molecule has 7 nitrogen and oxygen atoms in total. The molecule has 3 aliphatic heterocycles. The number of rotatable bonds is 5. The van der Waals surface area contributed by atoms with Gasteiger partial charge in [-0.25, -0.2) is 9.18 Å². The van der Waals surface area contributed by atoms with Crippen molar-refractivity contribution in [2.45, 2.75) is 31.7 Å². The Morgan fingerprint density at radius 2 is 1.58 bits per heavy atom. The summed E-state index contributed by atoms with van der Waals surface area (Å²) in [6.45, 7) is 6.36. The maximum absolute atomic E-state index is 13.4. The van der Waals surface area contributed by atoms with Crippen molar-refractivity contribution in [3.8, 4) is 0 Å². The van der Waals surface area contributed by atoms with Crippen LogP contribution in [-0.4, -0.2) is 85.7 Å². The van der Waals surface area contributed by atoms with Gasteiger partial charge < -0.3 is 19.9 Å². The Kier molecular flexibility index (Phi) is 7.40. The fourth-order valence-corrected chi connectivity index (χ4v) is 4.81. The van der Waals surface area contributed by atoms with Crippen molar-refractivity contribution < 1.29 is 18.7 Å². The Morgan fingerprint density at radius 3 is 2.23 bits per heavy atom. The number of piperidine rings is 1. The van der Waals surface area contributed by atoms with Crippen LogP contribution in [0.1, 0.15) is 37.3 Å². The van der Waals surface area contributed by atoms with E-state index in [1.54, 1.807) is 12.1 Å². The largest absolute Gasteiger partial charge is 0.379 e. The van der Waals surface area contributed by atoms with E-state index >= 15 is 0 Å². The molecule has 3 amide bonds. The molecule has 8 heteroatoms. The zero-order valence-electron chi connectivity index (χ0n) is 18.1. The van der Waals surface area contributed by atoms with Gasteiger partial charge in [0, 0.05) is 51.7 Å². The van der Waals surface area contributed by atoms with E-state index in [0.717, 1.165) is 44.6 Å². The first kappa shape index (κ1) is 22.0. The maximum atomic E-state index is 13.4. The Morgan fingerprint density at radius 1 is 0.968 bits per heavy atom. The van der Waals surface area contributed by atoms with E-state index in [-0.39, 0.29) is 29.7 Å². The number of amides is 3. The lowest BCUT2D eigenvalue weighted by molar-refractivity contribution is -0.126. The number of halogens is 1. The van der Waals surface area contributed by atoms with E-state index in [9.17, 15) is 14.0 Å². The third-order valence-electron chi connectivity index (χ3n) is 6.72. The van der Waals surface area contributed by atoms with Gasteiger partial charge in [-0.3, -0.25) is 9.69 Å². The van der Waals surface area contributed by atoms with E-state index < -0.39 is 0 Å². The van der Waals surface area contributed by atoms with Crippen molar-refractivity contribution in [2.24, 2.45) is 5.92 Å². The highest BCUT2D eigenvalue weighted by molar-refractivity contribution is 5.79. The minimum atomic E-state index is -0.260. The van der Waals surface area contributed by atoms with Crippen LogP contribution in [0.15, 0.2) is 24.3 Å². The normalized spacial score (nSPS) is 21.8. The molecular formula is C23H33FN4O3. The summed E-state index contributed by atoms with van der Waals surface area (Å²) >= 11 is 0. The first-order chi connectivity index (χ1) is 15.1. The molecule has 0 bridgehead atoms. The molecule has 1 unspecified atom stereocenters. The molecule has 3 fully saturated rings. The quantitative estimate of drug-likeness (QED) is 0.775. The predicted octanol–water partition coefficient (Wildman–Crippen LogP) is 2.24. The summed E-state index contributed by atoms with van der Waals surface area (Å²) < 4.78 is 18.9. The zero-order chi connectivity index (χ0) is 21.6. The molecule has 1 aromatic rings. The molecule has 0 saturated carbocycles. The summed E-state index contributed by atoms with van der Waals surface area (Å²) in [4.78, 5) is 31.5. The molecule has 1 atom stereocenters. The molecule has 3 aliphatic rings. The molecule has 31 heavy (non-hydrogen) atoms. The molecule has 170 valence electrons. The average molecular weight is 433 g/mol. The third-order valence-corrected chi connectivity index (χ3v) is 6.72. The van der Waals surface area contributed by atoms with Gasteiger partial charge in [-0.2, -0.15) is 0 Å². The SMILES string of the molecule is O=C(NCC(c1ccc(F)cc1)N1CCOCC1)C1CCN(C(=O)N2CCCC2)CC1. The fraction of sp³-hybridized carbons (Fsp3) is 0.652. The van der Waals surface area contributed by atoms with Crippen molar-refractivity contribution in [3.05, 3.63) is 35.6 Å². The van der Waals surface area contributed by atoms with Crippen LogP contribution in [0.4, 0.5) is 9.18 Å². The highest BCUT2D eigenvalue weighted by atomic mass is 19.1. The predicted molar refractivity (Wildman–Crippen MR) is 115 cm³/mol. The topological polar surface area (TPSA) is 65.1 Å². The second-order valence-electron chi connectivity index (χ2n) is 8.70. The molecule has 0 aliphatic carbocycles. The van der Waals surface area contributed by atoms with Crippen molar-refractivity contribution >= 4 is 11.9 Å². The zero-order valence-corrected chi connectivity index (χ0v) is 18.1. The van der Waals surface area contributed by atoms with Gasteiger partial charge in [0.05, 0.1) is 19.3 Å². The van der Waals surface area contributed by atoms with Crippen LogP contribution in [0.3, 0.4) is 0 Å². The number of nitrogens with one attached hydrogen (secondary N) is 1. The smallest absolute Gasteiger partial charge is 0.319 e. The van der Waals surface area contributed by atoms with Crippen LogP contribution < -0.4 is 5.32 Å². The lowest BCUT2D eigenvalue weighted by Gasteiger charge is -2.36. The number of urea groups is 1. The van der Waals surface area contributed by atoms with E-state index in [0.29, 0.717) is 45.7 Å². The molecule has 3 heterocycles. The second kappa shape index (κ2) is 10.4. The summed E-state index contributed by atoms with van der Waals surface area (Å²) in [6.07, 6.45) is 3.57. The van der Waals surface area contributed by atoms with Gasteiger partial charge in [0.1, 0.15) is 5.82 Å². The molecule has 4 rings (SSSR count). The van der Waals surface area contributed by atoms with Gasteiger partial charge in [0.25, 0.3) is 0 Å². The van der Waals surface area contributed by atoms with Crippen LogP contribution in [-0.2, 0) is 9.53 Å². The number of nitrogens with zero attached hydrogens (tertiary/aromatic N) is 3. The number of likely N-dealkylation sites (tertiary alicyclic amines) is 2. The fourth-order valence-electron chi connectivity index (χ4n) is 4.81. The van der Waals surface area contributed by atoms with E-state index in [1.807, 2.05) is 9.80 Å². The van der Waals surface area contributed by atoms with Gasteiger partial charge in [0.15, 0.2) is 0 Å². The number of carbonyl (C=O) groups excluding carboxylic acids is 2. The number of morpholine rings is 1. The Labute approximate surface area is 183 Å². The Balaban J connectivity index is 1.30. The van der Waals surface area contributed by atoms with Gasteiger partial charge in [0.2, 0.25) is 5.91 Å². The number of hydrogen-bond donors (Lipinski definition) is 1. The summed E-state index contributed by atoms with van der Waals surface area (Å²) in [5, 5.41) is 3.13. The molecule has 0 aromatic heterocycles. The lowest BCUT2D eigenvalue weighted by Crippen LogP contribution is -2.49. The number of benzene rings is 1. The molecular weight excluding hydrogens is 399 g/mol. The van der Waals surface area contributed by atoms with Gasteiger partial charge in [-0.05, 0) is 43.4 Å².